The van der Waals surface area contributed by atoms with E-state index in [1.165, 1.54) is 6.07 Å². The zero-order chi connectivity index (χ0) is 22.8. The summed E-state index contributed by atoms with van der Waals surface area (Å²) in [4.78, 5) is 14.0. The van der Waals surface area contributed by atoms with E-state index in [0.29, 0.717) is 40.6 Å². The highest BCUT2D eigenvalue weighted by molar-refractivity contribution is 6.33. The fourth-order valence-corrected chi connectivity index (χ4v) is 4.69. The highest BCUT2D eigenvalue weighted by atomic mass is 35.5. The molecule has 170 valence electrons. The van der Waals surface area contributed by atoms with Gasteiger partial charge in [0.05, 0.1) is 11.2 Å². The van der Waals surface area contributed by atoms with Crippen molar-refractivity contribution in [3.05, 3.63) is 71.1 Å². The Bertz CT molecular complexity index is 1260. The molecule has 3 N–H and O–H groups in total. The van der Waals surface area contributed by atoms with E-state index in [1.54, 1.807) is 18.3 Å². The Morgan fingerprint density at radius 3 is 2.58 bits per heavy atom. The Balaban J connectivity index is 1.51. The van der Waals surface area contributed by atoms with Crippen molar-refractivity contribution in [1.82, 2.24) is 19.5 Å². The van der Waals surface area contributed by atoms with Gasteiger partial charge in [-0.05, 0) is 49.8 Å². The second-order valence-electron chi connectivity index (χ2n) is 8.65. The Kier molecular flexibility index (Phi) is 6.24. The maximum atomic E-state index is 14.0. The molecule has 1 saturated carbocycles. The van der Waals surface area contributed by atoms with Gasteiger partial charge in [0.15, 0.2) is 5.65 Å². The molecule has 1 fully saturated rings. The van der Waals surface area contributed by atoms with E-state index in [1.807, 2.05) is 30.3 Å². The van der Waals surface area contributed by atoms with Gasteiger partial charge in [-0.2, -0.15) is 4.98 Å². The van der Waals surface area contributed by atoms with Crippen LogP contribution in [0.25, 0.3) is 22.6 Å². The van der Waals surface area contributed by atoms with Crippen LogP contribution in [0.15, 0.2) is 54.7 Å². The summed E-state index contributed by atoms with van der Waals surface area (Å²) in [6, 6.07) is 14.7. The zero-order valence-electron chi connectivity index (χ0n) is 18.2. The maximum Gasteiger partial charge on any atom is 0.225 e. The molecule has 2 heterocycles. The van der Waals surface area contributed by atoms with Crippen LogP contribution in [-0.2, 0) is 13.1 Å². The number of benzene rings is 2. The number of nitrogens with one attached hydrogen (secondary N) is 1. The Morgan fingerprint density at radius 2 is 1.79 bits per heavy atom. The number of anilines is 1. The first-order chi connectivity index (χ1) is 16.1. The van der Waals surface area contributed by atoms with Gasteiger partial charge in [-0.15, -0.1) is 0 Å². The van der Waals surface area contributed by atoms with Gasteiger partial charge >= 0.3 is 0 Å². The molecule has 0 radical (unpaired) electrons. The number of imidazole rings is 1. The van der Waals surface area contributed by atoms with E-state index < -0.39 is 0 Å². The molecule has 5 rings (SSSR count). The normalized spacial score (nSPS) is 18.5. The van der Waals surface area contributed by atoms with Crippen LogP contribution < -0.4 is 11.1 Å². The maximum absolute atomic E-state index is 14.0. The van der Waals surface area contributed by atoms with Crippen LogP contribution in [0.1, 0.15) is 31.2 Å². The summed E-state index contributed by atoms with van der Waals surface area (Å²) in [5.41, 5.74) is 8.99. The molecule has 2 aromatic carbocycles. The molecule has 0 spiro atoms. The lowest BCUT2D eigenvalue weighted by atomic mass is 9.86. The number of nitrogens with zero attached hydrogens (tertiary/aromatic N) is 4. The van der Waals surface area contributed by atoms with E-state index in [0.717, 1.165) is 49.3 Å². The van der Waals surface area contributed by atoms with Crippen LogP contribution in [0.4, 0.5) is 10.3 Å². The van der Waals surface area contributed by atoms with Gasteiger partial charge in [0.2, 0.25) is 5.95 Å². The standard InChI is InChI=1S/C25H26ClFN6/c26-20-7-3-2-6-19(20)23-31-22-14-30-25(29-13-17-5-1-4-8-21(17)27)32-24(22)33(23)15-16-9-11-18(28)12-10-16/h1-8,14,16,18H,9-13,15,28H2,(H,29,30,32). The second-order valence-corrected chi connectivity index (χ2v) is 9.06. The Labute approximate surface area is 197 Å². The zero-order valence-corrected chi connectivity index (χ0v) is 19.0. The van der Waals surface area contributed by atoms with Crippen molar-refractivity contribution >= 4 is 28.7 Å². The summed E-state index contributed by atoms with van der Waals surface area (Å²) in [5, 5.41) is 3.79. The third kappa shape index (κ3) is 4.70. The van der Waals surface area contributed by atoms with Crippen molar-refractivity contribution in [2.45, 2.75) is 44.8 Å². The quantitative estimate of drug-likeness (QED) is 0.398. The summed E-state index contributed by atoms with van der Waals surface area (Å²) < 4.78 is 16.2. The van der Waals surface area contributed by atoms with Crippen LogP contribution in [-0.4, -0.2) is 25.6 Å². The molecule has 0 bridgehead atoms. The predicted octanol–water partition coefficient (Wildman–Crippen LogP) is 5.42. The number of nitrogens with two attached hydrogens (primary N) is 1. The van der Waals surface area contributed by atoms with E-state index in [-0.39, 0.29) is 5.82 Å². The monoisotopic (exact) mass is 464 g/mol. The largest absolute Gasteiger partial charge is 0.350 e. The number of fused-ring (bicyclic) bond motifs is 1. The minimum absolute atomic E-state index is 0.257. The van der Waals surface area contributed by atoms with Gasteiger partial charge in [-0.25, -0.2) is 14.4 Å². The van der Waals surface area contributed by atoms with Crippen molar-refractivity contribution in [2.24, 2.45) is 11.7 Å². The topological polar surface area (TPSA) is 81.7 Å². The molecule has 0 amide bonds. The van der Waals surface area contributed by atoms with Gasteiger partial charge < -0.3 is 15.6 Å². The van der Waals surface area contributed by atoms with Gasteiger partial charge in [0.25, 0.3) is 0 Å². The van der Waals surface area contributed by atoms with Gasteiger partial charge in [0.1, 0.15) is 17.2 Å². The molecule has 0 saturated heterocycles. The van der Waals surface area contributed by atoms with E-state index >= 15 is 0 Å². The molecule has 2 aromatic heterocycles. The highest BCUT2D eigenvalue weighted by Gasteiger charge is 2.23. The minimum Gasteiger partial charge on any atom is -0.350 e. The fourth-order valence-electron chi connectivity index (χ4n) is 4.47. The van der Waals surface area contributed by atoms with Crippen LogP contribution in [0.2, 0.25) is 5.02 Å². The third-order valence-corrected chi connectivity index (χ3v) is 6.66. The second kappa shape index (κ2) is 9.45. The molecule has 0 atom stereocenters. The van der Waals surface area contributed by atoms with Gasteiger partial charge in [-0.1, -0.05) is 41.9 Å². The predicted molar refractivity (Wildman–Crippen MR) is 129 cm³/mol. The summed E-state index contributed by atoms with van der Waals surface area (Å²) >= 11 is 6.53. The number of rotatable bonds is 6. The molecular formula is C25H26ClFN6. The SMILES string of the molecule is NC1CCC(Cn2c(-c3ccccc3Cl)nc3cnc(NCc4ccccc4F)nc32)CC1. The van der Waals surface area contributed by atoms with Crippen molar-refractivity contribution in [2.75, 3.05) is 5.32 Å². The van der Waals surface area contributed by atoms with E-state index in [9.17, 15) is 4.39 Å². The summed E-state index contributed by atoms with van der Waals surface area (Å²) in [7, 11) is 0. The first kappa shape index (κ1) is 21.8. The minimum atomic E-state index is -0.257. The lowest BCUT2D eigenvalue weighted by molar-refractivity contribution is 0.297. The summed E-state index contributed by atoms with van der Waals surface area (Å²) in [6.07, 6.45) is 5.92. The first-order valence-corrected chi connectivity index (χ1v) is 11.7. The summed E-state index contributed by atoms with van der Waals surface area (Å²) in [5.74, 6) is 1.45. The van der Waals surface area contributed by atoms with Crippen LogP contribution in [0.5, 0.6) is 0 Å². The fraction of sp³-hybridized carbons (Fsp3) is 0.320. The average molecular weight is 465 g/mol. The molecule has 0 aliphatic heterocycles. The lowest BCUT2D eigenvalue weighted by Crippen LogP contribution is -2.28. The number of hydrogen-bond acceptors (Lipinski definition) is 5. The molecule has 33 heavy (non-hydrogen) atoms. The van der Waals surface area contributed by atoms with Crippen LogP contribution in [0, 0.1) is 11.7 Å². The molecule has 1 aliphatic carbocycles. The first-order valence-electron chi connectivity index (χ1n) is 11.3. The molecule has 1 aliphatic rings. The Hall–Kier alpha value is -3.03. The van der Waals surface area contributed by atoms with E-state index in [4.69, 9.17) is 27.3 Å². The lowest BCUT2D eigenvalue weighted by Gasteiger charge is -2.27. The molecule has 4 aromatic rings. The molecular weight excluding hydrogens is 439 g/mol. The number of hydrogen-bond donors (Lipinski definition) is 2. The number of aromatic nitrogens is 4. The average Bonchev–Trinajstić information content (AvgIpc) is 3.17. The smallest absolute Gasteiger partial charge is 0.225 e. The molecule has 6 nitrogen and oxygen atoms in total. The number of halogens is 2. The van der Waals surface area contributed by atoms with Crippen LogP contribution >= 0.6 is 11.6 Å². The third-order valence-electron chi connectivity index (χ3n) is 6.33. The molecule has 8 heteroatoms. The van der Waals surface area contributed by atoms with E-state index in [2.05, 4.69) is 14.9 Å². The van der Waals surface area contributed by atoms with Crippen molar-refractivity contribution in [3.63, 3.8) is 0 Å². The van der Waals surface area contributed by atoms with Crippen molar-refractivity contribution < 1.29 is 4.39 Å². The van der Waals surface area contributed by atoms with Crippen molar-refractivity contribution in [1.29, 1.82) is 0 Å². The summed E-state index contributed by atoms with van der Waals surface area (Å²) in [6.45, 7) is 1.08. The van der Waals surface area contributed by atoms with Crippen molar-refractivity contribution in [3.8, 4) is 11.4 Å². The molecule has 0 unspecified atom stereocenters. The highest BCUT2D eigenvalue weighted by Crippen LogP contribution is 2.33. The van der Waals surface area contributed by atoms with Gasteiger partial charge in [0, 0.05) is 30.3 Å². The van der Waals surface area contributed by atoms with Gasteiger partial charge in [-0.3, -0.25) is 0 Å². The van der Waals surface area contributed by atoms with Crippen LogP contribution in [0.3, 0.4) is 0 Å². The Morgan fingerprint density at radius 1 is 1.03 bits per heavy atom.